The Bertz CT molecular complexity index is 682. The smallest absolute Gasteiger partial charge is 0.330 e. The minimum atomic E-state index is -0.785. The Morgan fingerprint density at radius 1 is 1.09 bits per heavy atom. The van der Waals surface area contributed by atoms with Crippen LogP contribution in [0, 0.1) is 0 Å². The molecule has 2 aromatic carbocycles. The molecule has 1 atom stereocenters. The van der Waals surface area contributed by atoms with Gasteiger partial charge in [0.25, 0.3) is 0 Å². The number of carbonyl (C=O) groups is 1. The van der Waals surface area contributed by atoms with Crippen LogP contribution in [0.1, 0.15) is 0 Å². The molecule has 122 valence electrons. The lowest BCUT2D eigenvalue weighted by atomic mass is 10.1. The average Bonchev–Trinajstić information content (AvgIpc) is 2.59. The van der Waals surface area contributed by atoms with E-state index < -0.39 is 18.9 Å². The number of ether oxygens (including phenoxy) is 3. The van der Waals surface area contributed by atoms with E-state index in [-0.39, 0.29) is 13.2 Å². The molecule has 23 heavy (non-hydrogen) atoms. The number of hydrogen-bond acceptors (Lipinski definition) is 6. The van der Waals surface area contributed by atoms with E-state index in [4.69, 9.17) is 19.3 Å². The van der Waals surface area contributed by atoms with Crippen molar-refractivity contribution < 1.29 is 29.2 Å². The molecule has 0 bridgehead atoms. The number of aliphatic hydroxyl groups excluding tert-OH is 2. The predicted molar refractivity (Wildman–Crippen MR) is 84.3 cm³/mol. The van der Waals surface area contributed by atoms with E-state index in [1.54, 1.807) is 12.1 Å². The molecule has 2 aromatic rings. The van der Waals surface area contributed by atoms with E-state index in [0.717, 1.165) is 16.8 Å². The van der Waals surface area contributed by atoms with Crippen LogP contribution in [-0.4, -0.2) is 42.3 Å². The van der Waals surface area contributed by atoms with E-state index in [2.05, 4.69) is 6.58 Å². The molecule has 0 heterocycles. The molecule has 0 aliphatic heterocycles. The van der Waals surface area contributed by atoms with Crippen LogP contribution in [0.4, 0.5) is 0 Å². The number of fused-ring (bicyclic) bond motifs is 1. The maximum Gasteiger partial charge on any atom is 0.330 e. The molecule has 0 aromatic heterocycles. The molecule has 2 rings (SSSR count). The number of esters is 1. The van der Waals surface area contributed by atoms with Crippen molar-refractivity contribution in [3.05, 3.63) is 49.1 Å². The third-order valence-electron chi connectivity index (χ3n) is 3.14. The number of hydrogen-bond donors (Lipinski definition) is 2. The van der Waals surface area contributed by atoms with Crippen molar-refractivity contribution in [1.29, 1.82) is 0 Å². The molecule has 0 radical (unpaired) electrons. The first-order valence-electron chi connectivity index (χ1n) is 7.01. The van der Waals surface area contributed by atoms with Crippen molar-refractivity contribution in [2.45, 2.75) is 6.10 Å². The highest BCUT2D eigenvalue weighted by atomic mass is 16.6. The summed E-state index contributed by atoms with van der Waals surface area (Å²) in [6.45, 7) is 2.52. The number of carbonyl (C=O) groups excluding carboxylic acids is 1. The van der Waals surface area contributed by atoms with E-state index in [1.807, 2.05) is 24.3 Å². The van der Waals surface area contributed by atoms with Crippen LogP contribution in [0.2, 0.25) is 0 Å². The lowest BCUT2D eigenvalue weighted by Gasteiger charge is -2.17. The zero-order chi connectivity index (χ0) is 16.7. The second kappa shape index (κ2) is 8.17. The van der Waals surface area contributed by atoms with Gasteiger partial charge in [-0.3, -0.25) is 0 Å². The van der Waals surface area contributed by atoms with Crippen molar-refractivity contribution in [3.63, 3.8) is 0 Å². The van der Waals surface area contributed by atoms with Gasteiger partial charge in [-0.1, -0.05) is 30.8 Å². The second-order valence-corrected chi connectivity index (χ2v) is 4.64. The van der Waals surface area contributed by atoms with Gasteiger partial charge in [0.2, 0.25) is 0 Å². The van der Waals surface area contributed by atoms with Crippen molar-refractivity contribution in [2.75, 3.05) is 20.0 Å². The molecule has 0 fully saturated rings. The van der Waals surface area contributed by atoms with Crippen LogP contribution in [-0.2, 0) is 9.53 Å². The first kappa shape index (κ1) is 16.8. The quantitative estimate of drug-likeness (QED) is 0.437. The normalized spacial score (nSPS) is 11.7. The molecule has 0 aliphatic carbocycles. The highest BCUT2D eigenvalue weighted by molar-refractivity contribution is 5.93. The summed E-state index contributed by atoms with van der Waals surface area (Å²) >= 11 is 0. The van der Waals surface area contributed by atoms with Crippen LogP contribution in [0.3, 0.4) is 0 Å². The van der Waals surface area contributed by atoms with E-state index in [1.165, 1.54) is 0 Å². The highest BCUT2D eigenvalue weighted by Crippen LogP contribution is 2.33. The maximum absolute atomic E-state index is 11.2. The van der Waals surface area contributed by atoms with Gasteiger partial charge in [0.1, 0.15) is 18.1 Å². The number of aliphatic hydroxyl groups is 2. The highest BCUT2D eigenvalue weighted by Gasteiger charge is 2.14. The topological polar surface area (TPSA) is 85.2 Å². The molecule has 0 aliphatic rings. The van der Waals surface area contributed by atoms with E-state index in [0.29, 0.717) is 11.5 Å². The Balaban J connectivity index is 2.18. The Morgan fingerprint density at radius 2 is 1.70 bits per heavy atom. The Labute approximate surface area is 133 Å². The summed E-state index contributed by atoms with van der Waals surface area (Å²) in [5.41, 5.74) is 0. The minimum Gasteiger partial charge on any atom is -0.489 e. The third kappa shape index (κ3) is 4.21. The summed E-state index contributed by atoms with van der Waals surface area (Å²) in [4.78, 5) is 11.2. The van der Waals surface area contributed by atoms with Crippen molar-refractivity contribution >= 4 is 16.7 Å². The predicted octanol–water partition coefficient (Wildman–Crippen LogP) is 1.64. The fourth-order valence-electron chi connectivity index (χ4n) is 2.08. The molecule has 0 spiro atoms. The summed E-state index contributed by atoms with van der Waals surface area (Å²) in [6.07, 6.45) is 0.242. The monoisotopic (exact) mass is 318 g/mol. The second-order valence-electron chi connectivity index (χ2n) is 4.64. The summed E-state index contributed by atoms with van der Waals surface area (Å²) in [5, 5.41) is 19.7. The summed E-state index contributed by atoms with van der Waals surface area (Å²) < 4.78 is 15.8. The number of benzene rings is 2. The molecule has 0 amide bonds. The molecular formula is C17H18O6. The van der Waals surface area contributed by atoms with Crippen molar-refractivity contribution in [1.82, 2.24) is 0 Å². The minimum absolute atomic E-state index is 0.000276. The van der Waals surface area contributed by atoms with Crippen LogP contribution in [0.15, 0.2) is 49.1 Å². The third-order valence-corrected chi connectivity index (χ3v) is 3.14. The van der Waals surface area contributed by atoms with Crippen LogP contribution in [0.25, 0.3) is 10.8 Å². The standard InChI is InChI=1S/C17H18O6/c1-2-17(20)23-12(9-18)10-21-15-7-8-16(22-11-19)14-6-4-3-5-13(14)15/h2-8,12,18-19H,1,9-11H2. The Hall–Kier alpha value is -2.57. The summed E-state index contributed by atoms with van der Waals surface area (Å²) in [6, 6.07) is 10.7. The molecule has 0 saturated carbocycles. The van der Waals surface area contributed by atoms with Crippen LogP contribution >= 0.6 is 0 Å². The summed E-state index contributed by atoms with van der Waals surface area (Å²) in [5.74, 6) is 0.468. The largest absolute Gasteiger partial charge is 0.489 e. The first-order chi connectivity index (χ1) is 11.2. The first-order valence-corrected chi connectivity index (χ1v) is 7.01. The maximum atomic E-state index is 11.2. The van der Waals surface area contributed by atoms with Gasteiger partial charge in [0.15, 0.2) is 12.9 Å². The van der Waals surface area contributed by atoms with Gasteiger partial charge >= 0.3 is 5.97 Å². The van der Waals surface area contributed by atoms with Crippen LogP contribution < -0.4 is 9.47 Å². The lowest BCUT2D eigenvalue weighted by Crippen LogP contribution is -2.27. The van der Waals surface area contributed by atoms with Gasteiger partial charge in [-0.15, -0.1) is 0 Å². The van der Waals surface area contributed by atoms with Crippen molar-refractivity contribution in [2.24, 2.45) is 0 Å². The molecule has 0 saturated heterocycles. The van der Waals surface area contributed by atoms with Gasteiger partial charge in [-0.05, 0) is 12.1 Å². The van der Waals surface area contributed by atoms with E-state index in [9.17, 15) is 9.90 Å². The fraction of sp³-hybridized carbons (Fsp3) is 0.235. The zero-order valence-corrected chi connectivity index (χ0v) is 12.5. The van der Waals surface area contributed by atoms with Crippen LogP contribution in [0.5, 0.6) is 11.5 Å². The molecule has 6 nitrogen and oxygen atoms in total. The Morgan fingerprint density at radius 3 is 2.22 bits per heavy atom. The fourth-order valence-corrected chi connectivity index (χ4v) is 2.08. The molecule has 2 N–H and O–H groups in total. The zero-order valence-electron chi connectivity index (χ0n) is 12.5. The van der Waals surface area contributed by atoms with Crippen molar-refractivity contribution in [3.8, 4) is 11.5 Å². The molecule has 1 unspecified atom stereocenters. The van der Waals surface area contributed by atoms with Gasteiger partial charge in [-0.25, -0.2) is 4.79 Å². The summed E-state index contributed by atoms with van der Waals surface area (Å²) in [7, 11) is 0. The number of rotatable bonds is 8. The van der Waals surface area contributed by atoms with E-state index >= 15 is 0 Å². The van der Waals surface area contributed by atoms with Gasteiger partial charge in [-0.2, -0.15) is 0 Å². The SMILES string of the molecule is C=CC(=O)OC(CO)COc1ccc(OCO)c2ccccc12. The Kier molecular flexibility index (Phi) is 5.96. The molecular weight excluding hydrogens is 300 g/mol. The average molecular weight is 318 g/mol. The molecule has 6 heteroatoms. The van der Waals surface area contributed by atoms with Gasteiger partial charge in [0, 0.05) is 16.8 Å². The van der Waals surface area contributed by atoms with Gasteiger partial charge < -0.3 is 24.4 Å². The van der Waals surface area contributed by atoms with Gasteiger partial charge in [0.05, 0.1) is 6.61 Å². The lowest BCUT2D eigenvalue weighted by molar-refractivity contribution is -0.146.